The number of carbonyl (C=O) groups is 1. The second-order valence-corrected chi connectivity index (χ2v) is 8.02. The highest BCUT2D eigenvalue weighted by atomic mass is 16.5. The van der Waals surface area contributed by atoms with Crippen LogP contribution in [0.1, 0.15) is 25.2 Å². The number of amides is 2. The van der Waals surface area contributed by atoms with E-state index in [1.54, 1.807) is 73.2 Å². The molecule has 4 rings (SSSR count). The first kappa shape index (κ1) is 23.8. The minimum Gasteiger partial charge on any atom is -0.497 e. The zero-order chi connectivity index (χ0) is 24.9. The molecule has 180 valence electrons. The van der Waals surface area contributed by atoms with Gasteiger partial charge in [-0.15, -0.1) is 0 Å². The number of hydrogen-bond acceptors (Lipinski definition) is 5. The second-order valence-electron chi connectivity index (χ2n) is 8.02. The van der Waals surface area contributed by atoms with Crippen molar-refractivity contribution in [2.24, 2.45) is 0 Å². The molecule has 1 N–H and O–H groups in total. The number of nitrogens with one attached hydrogen (secondary N) is 1. The Kier molecular flexibility index (Phi) is 7.01. The van der Waals surface area contributed by atoms with Crippen LogP contribution >= 0.6 is 0 Å². The van der Waals surface area contributed by atoms with Crippen LogP contribution in [0.25, 0.3) is 16.6 Å². The van der Waals surface area contributed by atoms with E-state index in [2.05, 4.69) is 5.32 Å². The Balaban J connectivity index is 1.79. The summed E-state index contributed by atoms with van der Waals surface area (Å²) in [7, 11) is 4.86. The van der Waals surface area contributed by atoms with Gasteiger partial charge in [-0.1, -0.05) is 25.1 Å². The van der Waals surface area contributed by atoms with Crippen molar-refractivity contribution in [2.75, 3.05) is 26.6 Å². The van der Waals surface area contributed by atoms with E-state index < -0.39 is 6.04 Å². The van der Waals surface area contributed by atoms with Crippen LogP contribution in [0.5, 0.6) is 11.5 Å². The number of ether oxygens (including phenoxy) is 2. The second kappa shape index (κ2) is 10.3. The minimum atomic E-state index is -0.472. The fraction of sp³-hybridized carbons (Fsp3) is 0.222. The van der Waals surface area contributed by atoms with E-state index in [1.807, 2.05) is 37.3 Å². The smallest absolute Gasteiger partial charge is 0.322 e. The Hall–Kier alpha value is -4.33. The Morgan fingerprint density at radius 3 is 2.40 bits per heavy atom. The standard InChI is InChI=1S/C27H28N4O4/c1-5-24(30(2)27(33)28-18-9-8-10-21(17-18)35-4)25-29-23-12-7-6-11-22(23)26(32)31(25)19-13-15-20(34-3)16-14-19/h6-17,24H,5H2,1-4H3,(H,28,33). The number of methoxy groups -OCH3 is 2. The molecule has 0 saturated carbocycles. The highest BCUT2D eigenvalue weighted by Crippen LogP contribution is 2.27. The maximum absolute atomic E-state index is 13.6. The van der Waals surface area contributed by atoms with Crippen molar-refractivity contribution in [3.05, 3.63) is 89.0 Å². The van der Waals surface area contributed by atoms with Crippen LogP contribution in [-0.4, -0.2) is 41.7 Å². The lowest BCUT2D eigenvalue weighted by atomic mass is 10.1. The molecule has 8 heteroatoms. The average Bonchev–Trinajstić information content (AvgIpc) is 2.89. The largest absolute Gasteiger partial charge is 0.497 e. The number of hydrogen-bond donors (Lipinski definition) is 1. The van der Waals surface area contributed by atoms with Gasteiger partial charge in [0, 0.05) is 18.8 Å². The van der Waals surface area contributed by atoms with Gasteiger partial charge in [-0.05, 0) is 55.0 Å². The van der Waals surface area contributed by atoms with Gasteiger partial charge in [0.05, 0.1) is 36.9 Å². The van der Waals surface area contributed by atoms with Crippen LogP contribution in [-0.2, 0) is 0 Å². The summed E-state index contributed by atoms with van der Waals surface area (Å²) >= 11 is 0. The zero-order valence-electron chi connectivity index (χ0n) is 20.2. The molecular formula is C27H28N4O4. The fourth-order valence-corrected chi connectivity index (χ4v) is 4.04. The maximum Gasteiger partial charge on any atom is 0.322 e. The molecule has 8 nitrogen and oxygen atoms in total. The lowest BCUT2D eigenvalue weighted by molar-refractivity contribution is 0.199. The summed E-state index contributed by atoms with van der Waals surface area (Å²) in [5.74, 6) is 1.80. The van der Waals surface area contributed by atoms with Crippen molar-refractivity contribution in [2.45, 2.75) is 19.4 Å². The number of urea groups is 1. The first-order valence-electron chi connectivity index (χ1n) is 11.3. The molecule has 0 aliphatic carbocycles. The SMILES string of the molecule is CCC(c1nc2ccccc2c(=O)n1-c1ccc(OC)cc1)N(C)C(=O)Nc1cccc(OC)c1. The topological polar surface area (TPSA) is 85.7 Å². The van der Waals surface area contributed by atoms with Gasteiger partial charge in [-0.25, -0.2) is 9.78 Å². The van der Waals surface area contributed by atoms with Crippen LogP contribution in [0.3, 0.4) is 0 Å². The third-order valence-corrected chi connectivity index (χ3v) is 5.93. The molecule has 1 heterocycles. The van der Waals surface area contributed by atoms with Crippen molar-refractivity contribution in [1.82, 2.24) is 14.5 Å². The molecule has 4 aromatic rings. The predicted octanol–water partition coefficient (Wildman–Crippen LogP) is 5.02. The molecule has 0 aliphatic heterocycles. The van der Waals surface area contributed by atoms with E-state index in [1.165, 1.54) is 0 Å². The quantitative estimate of drug-likeness (QED) is 0.408. The molecule has 1 unspecified atom stereocenters. The molecule has 2 amide bonds. The molecule has 0 saturated heterocycles. The monoisotopic (exact) mass is 472 g/mol. The first-order chi connectivity index (χ1) is 17.0. The van der Waals surface area contributed by atoms with Crippen LogP contribution in [0, 0.1) is 0 Å². The van der Waals surface area contributed by atoms with E-state index in [0.29, 0.717) is 46.0 Å². The van der Waals surface area contributed by atoms with Gasteiger partial charge in [0.25, 0.3) is 5.56 Å². The number of fused-ring (bicyclic) bond motifs is 1. The lowest BCUT2D eigenvalue weighted by Gasteiger charge is -2.29. The van der Waals surface area contributed by atoms with E-state index in [-0.39, 0.29) is 11.6 Å². The van der Waals surface area contributed by atoms with Gasteiger partial charge < -0.3 is 19.7 Å². The molecule has 0 radical (unpaired) electrons. The predicted molar refractivity (Wildman–Crippen MR) is 137 cm³/mol. The van der Waals surface area contributed by atoms with Crippen molar-refractivity contribution in [3.63, 3.8) is 0 Å². The van der Waals surface area contributed by atoms with Crippen LogP contribution in [0.4, 0.5) is 10.5 Å². The molecule has 0 spiro atoms. The van der Waals surface area contributed by atoms with E-state index >= 15 is 0 Å². The van der Waals surface area contributed by atoms with Crippen LogP contribution < -0.4 is 20.3 Å². The molecule has 1 aromatic heterocycles. The highest BCUT2D eigenvalue weighted by molar-refractivity contribution is 5.89. The summed E-state index contributed by atoms with van der Waals surface area (Å²) in [6.07, 6.45) is 0.545. The summed E-state index contributed by atoms with van der Waals surface area (Å²) in [4.78, 5) is 33.3. The number of carbonyl (C=O) groups excluding carboxylic acids is 1. The summed E-state index contributed by atoms with van der Waals surface area (Å²) < 4.78 is 12.1. The molecule has 35 heavy (non-hydrogen) atoms. The normalized spacial score (nSPS) is 11.7. The Morgan fingerprint density at radius 2 is 1.71 bits per heavy atom. The Labute approximate surface area is 203 Å². The van der Waals surface area contributed by atoms with E-state index in [4.69, 9.17) is 14.5 Å². The third kappa shape index (κ3) is 4.82. The van der Waals surface area contributed by atoms with Gasteiger partial charge in [0.2, 0.25) is 0 Å². The summed E-state index contributed by atoms with van der Waals surface area (Å²) in [6.45, 7) is 1.96. The number of rotatable bonds is 7. The van der Waals surface area contributed by atoms with Gasteiger partial charge in [-0.3, -0.25) is 9.36 Å². The number of aromatic nitrogens is 2. The maximum atomic E-state index is 13.6. The molecule has 0 fully saturated rings. The van der Waals surface area contributed by atoms with Crippen molar-refractivity contribution in [3.8, 4) is 17.2 Å². The highest BCUT2D eigenvalue weighted by Gasteiger charge is 2.26. The van der Waals surface area contributed by atoms with Crippen LogP contribution in [0.15, 0.2) is 77.6 Å². The Morgan fingerprint density at radius 1 is 1.00 bits per heavy atom. The molecular weight excluding hydrogens is 444 g/mol. The molecule has 3 aromatic carbocycles. The van der Waals surface area contributed by atoms with Crippen molar-refractivity contribution < 1.29 is 14.3 Å². The minimum absolute atomic E-state index is 0.198. The first-order valence-corrected chi connectivity index (χ1v) is 11.3. The van der Waals surface area contributed by atoms with Crippen LogP contribution in [0.2, 0.25) is 0 Å². The fourth-order valence-electron chi connectivity index (χ4n) is 4.04. The molecule has 1 atom stereocenters. The summed E-state index contributed by atoms with van der Waals surface area (Å²) in [5.41, 5.74) is 1.63. The van der Waals surface area contributed by atoms with Gasteiger partial charge in [-0.2, -0.15) is 0 Å². The van der Waals surface area contributed by atoms with Crippen molar-refractivity contribution in [1.29, 1.82) is 0 Å². The van der Waals surface area contributed by atoms with Crippen molar-refractivity contribution >= 4 is 22.6 Å². The van der Waals surface area contributed by atoms with Gasteiger partial charge >= 0.3 is 6.03 Å². The van der Waals surface area contributed by atoms with E-state index in [9.17, 15) is 9.59 Å². The summed E-state index contributed by atoms with van der Waals surface area (Å²) in [6, 6.07) is 20.8. The number of benzene rings is 3. The van der Waals surface area contributed by atoms with Gasteiger partial charge in [0.15, 0.2) is 0 Å². The lowest BCUT2D eigenvalue weighted by Crippen LogP contribution is -2.38. The third-order valence-electron chi connectivity index (χ3n) is 5.93. The van der Waals surface area contributed by atoms with E-state index in [0.717, 1.165) is 0 Å². The zero-order valence-corrected chi connectivity index (χ0v) is 20.2. The Bertz CT molecular complexity index is 1400. The average molecular weight is 473 g/mol. The van der Waals surface area contributed by atoms with Gasteiger partial charge in [0.1, 0.15) is 17.3 Å². The summed E-state index contributed by atoms with van der Waals surface area (Å²) in [5, 5.41) is 3.41. The number of para-hydroxylation sites is 1. The number of anilines is 1. The molecule has 0 bridgehead atoms. The molecule has 0 aliphatic rings. The number of nitrogens with zero attached hydrogens (tertiary/aromatic N) is 3.